The van der Waals surface area contributed by atoms with E-state index in [1.807, 2.05) is 24.1 Å². The van der Waals surface area contributed by atoms with Gasteiger partial charge in [-0.2, -0.15) is 0 Å². The van der Waals surface area contributed by atoms with Crippen LogP contribution in [0.1, 0.15) is 50.7 Å². The van der Waals surface area contributed by atoms with Gasteiger partial charge >= 0.3 is 11.9 Å². The molecule has 0 saturated carbocycles. The van der Waals surface area contributed by atoms with Crippen molar-refractivity contribution in [2.45, 2.75) is 25.3 Å². The number of hydrogen-bond acceptors (Lipinski definition) is 6. The summed E-state index contributed by atoms with van der Waals surface area (Å²) in [7, 11) is 4.43. The molecule has 0 heterocycles. The molecule has 7 heteroatoms. The normalized spacial score (nSPS) is 15.3. The van der Waals surface area contributed by atoms with E-state index in [1.54, 1.807) is 0 Å². The molecule has 1 aliphatic rings. The Morgan fingerprint density at radius 3 is 2.30 bits per heavy atom. The standard InChI is InChI=1S/C23H26N2O5/c1-25(20-10-6-8-15-7-4-5-9-19(15)20)14-21(26)24-18-12-16(22(27)29-2)11-17(13-18)23(28)30-3/h4-5,7,9,11-13,20H,6,8,10,14H2,1-3H3,(H,24,26)/t20-/m0/s1. The first kappa shape index (κ1) is 21.5. The number of fused-ring (bicyclic) bond motifs is 1. The largest absolute Gasteiger partial charge is 0.465 e. The minimum absolute atomic E-state index is 0.158. The molecular formula is C23H26N2O5. The monoisotopic (exact) mass is 410 g/mol. The number of nitrogens with zero attached hydrogens (tertiary/aromatic N) is 1. The zero-order valence-electron chi connectivity index (χ0n) is 17.4. The van der Waals surface area contributed by atoms with E-state index in [1.165, 1.54) is 43.5 Å². The van der Waals surface area contributed by atoms with Crippen LogP contribution in [-0.2, 0) is 20.7 Å². The number of carbonyl (C=O) groups excluding carboxylic acids is 3. The average Bonchev–Trinajstić information content (AvgIpc) is 2.77. The molecule has 0 spiro atoms. The summed E-state index contributed by atoms with van der Waals surface area (Å²) in [5.74, 6) is -1.45. The van der Waals surface area contributed by atoms with Crippen molar-refractivity contribution in [1.29, 1.82) is 0 Å². The van der Waals surface area contributed by atoms with Crippen LogP contribution in [0.15, 0.2) is 42.5 Å². The molecule has 0 saturated heterocycles. The van der Waals surface area contributed by atoms with Crippen molar-refractivity contribution in [2.75, 3.05) is 33.1 Å². The SMILES string of the molecule is COC(=O)c1cc(NC(=O)CN(C)[C@H]2CCCc3ccccc32)cc(C(=O)OC)c1. The van der Waals surface area contributed by atoms with Gasteiger partial charge in [0.2, 0.25) is 5.91 Å². The van der Waals surface area contributed by atoms with Gasteiger partial charge < -0.3 is 14.8 Å². The van der Waals surface area contributed by atoms with Gasteiger partial charge in [-0.1, -0.05) is 24.3 Å². The number of aryl methyl sites for hydroxylation is 1. The smallest absolute Gasteiger partial charge is 0.337 e. The van der Waals surface area contributed by atoms with E-state index in [0.29, 0.717) is 5.69 Å². The Bertz CT molecular complexity index is 922. The number of rotatable bonds is 6. The molecule has 2 aromatic carbocycles. The van der Waals surface area contributed by atoms with Gasteiger partial charge in [0, 0.05) is 11.7 Å². The van der Waals surface area contributed by atoms with Crippen LogP contribution in [0, 0.1) is 0 Å². The van der Waals surface area contributed by atoms with Crippen LogP contribution in [0.2, 0.25) is 0 Å². The van der Waals surface area contributed by atoms with Crippen LogP contribution < -0.4 is 5.32 Å². The van der Waals surface area contributed by atoms with Gasteiger partial charge in [-0.3, -0.25) is 9.69 Å². The van der Waals surface area contributed by atoms with E-state index in [0.717, 1.165) is 19.3 Å². The second-order valence-corrected chi connectivity index (χ2v) is 7.35. The molecule has 1 amide bonds. The summed E-state index contributed by atoms with van der Waals surface area (Å²) in [5, 5.41) is 2.78. The highest BCUT2D eigenvalue weighted by Gasteiger charge is 2.25. The van der Waals surface area contributed by atoms with Crippen molar-refractivity contribution in [3.8, 4) is 0 Å². The second-order valence-electron chi connectivity index (χ2n) is 7.35. The molecule has 0 unspecified atom stereocenters. The van der Waals surface area contributed by atoms with Crippen molar-refractivity contribution >= 4 is 23.5 Å². The number of benzene rings is 2. The third-order valence-electron chi connectivity index (χ3n) is 5.32. The minimum atomic E-state index is -0.604. The van der Waals surface area contributed by atoms with Gasteiger partial charge in [0.25, 0.3) is 0 Å². The van der Waals surface area contributed by atoms with Crippen molar-refractivity contribution in [3.63, 3.8) is 0 Å². The first-order valence-corrected chi connectivity index (χ1v) is 9.82. The van der Waals surface area contributed by atoms with E-state index < -0.39 is 11.9 Å². The van der Waals surface area contributed by atoms with Gasteiger partial charge in [0.15, 0.2) is 0 Å². The van der Waals surface area contributed by atoms with Gasteiger partial charge in [0.1, 0.15) is 0 Å². The zero-order chi connectivity index (χ0) is 21.7. The highest BCUT2D eigenvalue weighted by Crippen LogP contribution is 2.33. The maximum absolute atomic E-state index is 12.7. The Labute approximate surface area is 176 Å². The molecule has 30 heavy (non-hydrogen) atoms. The number of methoxy groups -OCH3 is 2. The van der Waals surface area contributed by atoms with E-state index in [2.05, 4.69) is 17.4 Å². The predicted molar refractivity (Wildman–Crippen MR) is 113 cm³/mol. The number of anilines is 1. The molecule has 1 atom stereocenters. The van der Waals surface area contributed by atoms with Crippen LogP contribution in [0.5, 0.6) is 0 Å². The van der Waals surface area contributed by atoms with Gasteiger partial charge in [-0.15, -0.1) is 0 Å². The molecule has 0 fully saturated rings. The fourth-order valence-corrected chi connectivity index (χ4v) is 3.89. The molecule has 0 aromatic heterocycles. The highest BCUT2D eigenvalue weighted by molar-refractivity contribution is 5.99. The number of hydrogen-bond donors (Lipinski definition) is 1. The first-order chi connectivity index (χ1) is 14.4. The summed E-state index contributed by atoms with van der Waals surface area (Å²) >= 11 is 0. The predicted octanol–water partition coefficient (Wildman–Crippen LogP) is 3.21. The lowest BCUT2D eigenvalue weighted by Crippen LogP contribution is -2.35. The quantitative estimate of drug-likeness (QED) is 0.736. The Kier molecular flexibility index (Phi) is 6.84. The lowest BCUT2D eigenvalue weighted by Gasteiger charge is -2.32. The van der Waals surface area contributed by atoms with Crippen molar-refractivity contribution in [1.82, 2.24) is 4.90 Å². The Balaban J connectivity index is 1.74. The van der Waals surface area contributed by atoms with E-state index in [4.69, 9.17) is 9.47 Å². The number of nitrogens with one attached hydrogen (secondary N) is 1. The topological polar surface area (TPSA) is 84.9 Å². The Morgan fingerprint density at radius 1 is 1.03 bits per heavy atom. The van der Waals surface area contributed by atoms with E-state index in [-0.39, 0.29) is 29.6 Å². The fraction of sp³-hybridized carbons (Fsp3) is 0.348. The summed E-state index contributed by atoms with van der Waals surface area (Å²) in [4.78, 5) is 38.6. The van der Waals surface area contributed by atoms with Crippen LogP contribution in [0.4, 0.5) is 5.69 Å². The molecule has 1 N–H and O–H groups in total. The zero-order valence-corrected chi connectivity index (χ0v) is 17.4. The van der Waals surface area contributed by atoms with Crippen LogP contribution in [-0.4, -0.2) is 50.6 Å². The summed E-state index contributed by atoms with van der Waals surface area (Å²) in [6.45, 7) is 0.176. The third kappa shape index (κ3) is 4.86. The van der Waals surface area contributed by atoms with E-state index >= 15 is 0 Å². The molecule has 158 valence electrons. The maximum atomic E-state index is 12.7. The molecule has 0 radical (unpaired) electrons. The molecule has 0 bridgehead atoms. The summed E-state index contributed by atoms with van der Waals surface area (Å²) in [6.07, 6.45) is 3.13. The number of ether oxygens (including phenoxy) is 2. The molecular weight excluding hydrogens is 384 g/mol. The molecule has 0 aliphatic heterocycles. The van der Waals surface area contributed by atoms with Crippen molar-refractivity contribution in [2.24, 2.45) is 0 Å². The Hall–Kier alpha value is -3.19. The molecule has 1 aliphatic carbocycles. The van der Waals surface area contributed by atoms with Crippen molar-refractivity contribution < 1.29 is 23.9 Å². The third-order valence-corrected chi connectivity index (χ3v) is 5.32. The van der Waals surface area contributed by atoms with Crippen LogP contribution in [0.3, 0.4) is 0 Å². The number of likely N-dealkylation sites (N-methyl/N-ethyl adjacent to an activating group) is 1. The first-order valence-electron chi connectivity index (χ1n) is 9.82. The van der Waals surface area contributed by atoms with Gasteiger partial charge in [-0.05, 0) is 55.6 Å². The maximum Gasteiger partial charge on any atom is 0.337 e. The van der Waals surface area contributed by atoms with Gasteiger partial charge in [-0.25, -0.2) is 9.59 Å². The lowest BCUT2D eigenvalue weighted by molar-refractivity contribution is -0.117. The van der Waals surface area contributed by atoms with Crippen LogP contribution in [0.25, 0.3) is 0 Å². The highest BCUT2D eigenvalue weighted by atomic mass is 16.5. The van der Waals surface area contributed by atoms with Gasteiger partial charge in [0.05, 0.1) is 31.9 Å². The second kappa shape index (κ2) is 9.54. The summed E-state index contributed by atoms with van der Waals surface area (Å²) in [5.41, 5.74) is 3.24. The lowest BCUT2D eigenvalue weighted by atomic mass is 9.87. The number of amides is 1. The van der Waals surface area contributed by atoms with Crippen molar-refractivity contribution in [3.05, 3.63) is 64.7 Å². The molecule has 7 nitrogen and oxygen atoms in total. The molecule has 3 rings (SSSR count). The average molecular weight is 410 g/mol. The number of esters is 2. The Morgan fingerprint density at radius 2 is 1.67 bits per heavy atom. The van der Waals surface area contributed by atoms with E-state index in [9.17, 15) is 14.4 Å². The minimum Gasteiger partial charge on any atom is -0.465 e. The van der Waals surface area contributed by atoms with Crippen LogP contribution >= 0.6 is 0 Å². The summed E-state index contributed by atoms with van der Waals surface area (Å²) in [6, 6.07) is 12.8. The fourth-order valence-electron chi connectivity index (χ4n) is 3.89. The molecule has 2 aromatic rings. The summed E-state index contributed by atoms with van der Waals surface area (Å²) < 4.78 is 9.46. The number of carbonyl (C=O) groups is 3.